The average Bonchev–Trinajstić information content (AvgIpc) is 3.15. The Kier molecular flexibility index (Phi) is 3.95. The third-order valence-electron chi connectivity index (χ3n) is 4.48. The maximum Gasteiger partial charge on any atom is 0.230 e. The molecule has 1 aliphatic rings. The summed E-state index contributed by atoms with van der Waals surface area (Å²) in [5, 5.41) is 14.7. The molecule has 0 radical (unpaired) electrons. The molecule has 1 unspecified atom stereocenters. The zero-order valence-corrected chi connectivity index (χ0v) is 14.1. The molecule has 0 spiro atoms. The van der Waals surface area contributed by atoms with Crippen molar-refractivity contribution < 1.29 is 9.50 Å². The third kappa shape index (κ3) is 2.66. The number of aromatic hydroxyl groups is 1. The van der Waals surface area contributed by atoms with Crippen molar-refractivity contribution in [2.75, 3.05) is 33.2 Å². The van der Waals surface area contributed by atoms with Gasteiger partial charge in [0.2, 0.25) is 10.8 Å². The molecule has 1 aliphatic heterocycles. The lowest BCUT2D eigenvalue weighted by Gasteiger charge is -2.37. The van der Waals surface area contributed by atoms with Gasteiger partial charge in [0.15, 0.2) is 0 Å². The number of nitrogens with zero attached hydrogens (tertiary/aromatic N) is 5. The number of likely N-dealkylation sites (N-methyl/N-ethyl adjacent to an activating group) is 1. The van der Waals surface area contributed by atoms with E-state index in [0.29, 0.717) is 4.96 Å². The Morgan fingerprint density at radius 2 is 1.88 bits per heavy atom. The fourth-order valence-electron chi connectivity index (χ4n) is 3.13. The summed E-state index contributed by atoms with van der Waals surface area (Å²) < 4.78 is 14.8. The van der Waals surface area contributed by atoms with Crippen molar-refractivity contribution in [1.82, 2.24) is 24.4 Å². The van der Waals surface area contributed by atoms with Crippen LogP contribution in [0.15, 0.2) is 30.6 Å². The average molecular weight is 347 g/mol. The minimum atomic E-state index is -0.261. The topological polar surface area (TPSA) is 56.9 Å². The molecular weight excluding hydrogens is 329 g/mol. The highest BCUT2D eigenvalue weighted by atomic mass is 32.1. The quantitative estimate of drug-likeness (QED) is 0.785. The predicted molar refractivity (Wildman–Crippen MR) is 89.8 cm³/mol. The highest BCUT2D eigenvalue weighted by Gasteiger charge is 2.30. The molecule has 0 amide bonds. The first-order valence-corrected chi connectivity index (χ1v) is 8.64. The van der Waals surface area contributed by atoms with Crippen molar-refractivity contribution >= 4 is 16.3 Å². The van der Waals surface area contributed by atoms with E-state index in [9.17, 15) is 9.50 Å². The summed E-state index contributed by atoms with van der Waals surface area (Å²) in [5.41, 5.74) is 0.959. The first kappa shape index (κ1) is 15.5. The summed E-state index contributed by atoms with van der Waals surface area (Å²) in [5.74, 6) is -0.150. The van der Waals surface area contributed by atoms with Gasteiger partial charge in [0, 0.05) is 26.2 Å². The van der Waals surface area contributed by atoms with E-state index in [4.69, 9.17) is 0 Å². The highest BCUT2D eigenvalue weighted by molar-refractivity contribution is 7.17. The number of benzene rings is 1. The molecule has 8 heteroatoms. The van der Waals surface area contributed by atoms with E-state index in [2.05, 4.69) is 26.9 Å². The van der Waals surface area contributed by atoms with Gasteiger partial charge in [-0.3, -0.25) is 4.90 Å². The number of halogens is 1. The minimum Gasteiger partial charge on any atom is -0.492 e. The minimum absolute atomic E-state index is 0.112. The number of rotatable bonds is 3. The third-order valence-corrected chi connectivity index (χ3v) is 5.56. The molecule has 0 saturated carbocycles. The van der Waals surface area contributed by atoms with Crippen LogP contribution >= 0.6 is 11.3 Å². The van der Waals surface area contributed by atoms with Gasteiger partial charge in [0.05, 0.1) is 10.9 Å². The Hall–Kier alpha value is -2.03. The van der Waals surface area contributed by atoms with Gasteiger partial charge in [0.25, 0.3) is 0 Å². The Labute approximate surface area is 142 Å². The van der Waals surface area contributed by atoms with Gasteiger partial charge in [-0.25, -0.2) is 9.37 Å². The van der Waals surface area contributed by atoms with Gasteiger partial charge in [-0.1, -0.05) is 23.5 Å². The van der Waals surface area contributed by atoms with Gasteiger partial charge in [-0.2, -0.15) is 9.61 Å². The normalized spacial score (nSPS) is 18.2. The molecule has 4 rings (SSSR count). The molecule has 3 heterocycles. The van der Waals surface area contributed by atoms with Crippen molar-refractivity contribution in [3.63, 3.8) is 0 Å². The lowest BCUT2D eigenvalue weighted by Crippen LogP contribution is -2.46. The van der Waals surface area contributed by atoms with Crippen LogP contribution in [0.1, 0.15) is 16.5 Å². The van der Waals surface area contributed by atoms with Gasteiger partial charge >= 0.3 is 0 Å². The molecule has 1 fully saturated rings. The fourth-order valence-corrected chi connectivity index (χ4v) is 4.22. The molecule has 3 aromatic rings. The smallest absolute Gasteiger partial charge is 0.230 e. The lowest BCUT2D eigenvalue weighted by molar-refractivity contribution is 0.127. The molecule has 24 heavy (non-hydrogen) atoms. The van der Waals surface area contributed by atoms with Crippen molar-refractivity contribution in [2.24, 2.45) is 0 Å². The summed E-state index contributed by atoms with van der Waals surface area (Å²) in [6, 6.07) is 6.37. The van der Waals surface area contributed by atoms with Crippen molar-refractivity contribution in [3.8, 4) is 5.88 Å². The molecule has 126 valence electrons. The second-order valence-corrected chi connectivity index (χ2v) is 7.05. The van der Waals surface area contributed by atoms with Crippen LogP contribution in [0.4, 0.5) is 4.39 Å². The van der Waals surface area contributed by atoms with E-state index in [1.165, 1.54) is 34.3 Å². The standard InChI is InChI=1S/C16H18FN5OS/c1-20-6-8-21(9-7-20)13(11-2-4-12(17)5-3-11)14-15(23)22-16(24-14)18-10-19-22/h2-5,10,13,23H,6-9H2,1H3. The second-order valence-electron chi connectivity index (χ2n) is 6.04. The number of piperazine rings is 1. The molecule has 1 aromatic carbocycles. The van der Waals surface area contributed by atoms with Crippen molar-refractivity contribution in [2.45, 2.75) is 6.04 Å². The van der Waals surface area contributed by atoms with E-state index < -0.39 is 0 Å². The summed E-state index contributed by atoms with van der Waals surface area (Å²) in [6.45, 7) is 3.68. The zero-order chi connectivity index (χ0) is 16.7. The van der Waals surface area contributed by atoms with Gasteiger partial charge in [-0.15, -0.1) is 0 Å². The van der Waals surface area contributed by atoms with E-state index in [0.717, 1.165) is 36.6 Å². The van der Waals surface area contributed by atoms with Crippen molar-refractivity contribution in [1.29, 1.82) is 0 Å². The molecule has 6 nitrogen and oxygen atoms in total. The number of hydrogen-bond donors (Lipinski definition) is 1. The molecule has 0 aliphatic carbocycles. The molecule has 0 bridgehead atoms. The van der Waals surface area contributed by atoms with Crippen LogP contribution in [0.2, 0.25) is 0 Å². The van der Waals surface area contributed by atoms with E-state index in [-0.39, 0.29) is 17.7 Å². The van der Waals surface area contributed by atoms with Crippen LogP contribution in [0.25, 0.3) is 4.96 Å². The van der Waals surface area contributed by atoms with E-state index in [1.807, 2.05) is 0 Å². The summed E-state index contributed by atoms with van der Waals surface area (Å²) in [4.78, 5) is 10.2. The molecular formula is C16H18FN5OS. The summed E-state index contributed by atoms with van der Waals surface area (Å²) in [6.07, 6.45) is 1.43. The van der Waals surface area contributed by atoms with E-state index in [1.54, 1.807) is 12.1 Å². The summed E-state index contributed by atoms with van der Waals surface area (Å²) in [7, 11) is 2.10. The van der Waals surface area contributed by atoms with Crippen LogP contribution in [0.3, 0.4) is 0 Å². The monoisotopic (exact) mass is 347 g/mol. The van der Waals surface area contributed by atoms with Crippen LogP contribution in [-0.2, 0) is 0 Å². The van der Waals surface area contributed by atoms with Crippen LogP contribution in [0.5, 0.6) is 5.88 Å². The van der Waals surface area contributed by atoms with Gasteiger partial charge in [0.1, 0.15) is 12.1 Å². The first-order chi connectivity index (χ1) is 11.6. The predicted octanol–water partition coefficient (Wildman–Crippen LogP) is 1.97. The lowest BCUT2D eigenvalue weighted by atomic mass is 10.0. The van der Waals surface area contributed by atoms with Gasteiger partial charge < -0.3 is 10.0 Å². The second kappa shape index (κ2) is 6.12. The SMILES string of the molecule is CN1CCN(C(c2ccc(F)cc2)c2sc3ncnn3c2O)CC1. The fraction of sp³-hybridized carbons (Fsp3) is 0.375. The first-order valence-electron chi connectivity index (χ1n) is 7.83. The summed E-state index contributed by atoms with van der Waals surface area (Å²) >= 11 is 1.42. The van der Waals surface area contributed by atoms with Gasteiger partial charge in [-0.05, 0) is 24.7 Å². The number of fused-ring (bicyclic) bond motifs is 1. The molecule has 1 saturated heterocycles. The largest absolute Gasteiger partial charge is 0.492 e. The van der Waals surface area contributed by atoms with Crippen LogP contribution in [0, 0.1) is 5.82 Å². The molecule has 1 N–H and O–H groups in total. The Morgan fingerprint density at radius 1 is 1.17 bits per heavy atom. The Bertz CT molecular complexity index is 838. The highest BCUT2D eigenvalue weighted by Crippen LogP contribution is 2.39. The number of aromatic nitrogens is 3. The molecule has 2 aromatic heterocycles. The van der Waals surface area contributed by atoms with Crippen LogP contribution in [-0.4, -0.2) is 62.7 Å². The number of hydrogen-bond acceptors (Lipinski definition) is 6. The Morgan fingerprint density at radius 3 is 2.54 bits per heavy atom. The maximum absolute atomic E-state index is 13.4. The number of thiazole rings is 1. The van der Waals surface area contributed by atoms with Crippen molar-refractivity contribution in [3.05, 3.63) is 46.9 Å². The maximum atomic E-state index is 13.4. The molecule has 1 atom stereocenters. The van der Waals surface area contributed by atoms with Crippen LogP contribution < -0.4 is 0 Å². The Balaban J connectivity index is 1.78. The zero-order valence-electron chi connectivity index (χ0n) is 13.3. The van der Waals surface area contributed by atoms with E-state index >= 15 is 0 Å².